The summed E-state index contributed by atoms with van der Waals surface area (Å²) in [6.45, 7) is 5.49. The number of nitrogens with one attached hydrogen (secondary N) is 1. The number of esters is 1. The van der Waals surface area contributed by atoms with Crippen molar-refractivity contribution >= 4 is 12.4 Å². The van der Waals surface area contributed by atoms with E-state index in [9.17, 15) is 9.59 Å². The van der Waals surface area contributed by atoms with Crippen LogP contribution in [0.5, 0.6) is 0 Å². The lowest BCUT2D eigenvalue weighted by atomic mass is 10.2. The number of hydrogen-bond donors (Lipinski definition) is 1. The quantitative estimate of drug-likeness (QED) is 0.354. The van der Waals surface area contributed by atoms with Gasteiger partial charge in [0.15, 0.2) is 0 Å². The molecule has 0 aromatic carbocycles. The fraction of sp³-hybridized carbons (Fsp3) is 0.500. The standard InChI is InChI=1S/C8H13NO3/c1-3-5-7(9-6-10)8(11)12-4-2/h3,6-7H,1,4-5H2,2H3,(H,9,10). The summed E-state index contributed by atoms with van der Waals surface area (Å²) in [6, 6.07) is -0.597. The fourth-order valence-corrected chi connectivity index (χ4v) is 0.724. The van der Waals surface area contributed by atoms with Gasteiger partial charge >= 0.3 is 5.97 Å². The third-order valence-electron chi connectivity index (χ3n) is 1.24. The van der Waals surface area contributed by atoms with Crippen LogP contribution in [0.4, 0.5) is 0 Å². The molecule has 0 heterocycles. The van der Waals surface area contributed by atoms with Crippen molar-refractivity contribution in [3.05, 3.63) is 12.7 Å². The first-order chi connectivity index (χ1) is 5.76. The predicted molar refractivity (Wildman–Crippen MR) is 44.4 cm³/mol. The third kappa shape index (κ3) is 3.75. The first-order valence-electron chi connectivity index (χ1n) is 3.73. The zero-order valence-electron chi connectivity index (χ0n) is 7.08. The average molecular weight is 171 g/mol. The number of ether oxygens (including phenoxy) is 1. The fourth-order valence-electron chi connectivity index (χ4n) is 0.724. The molecule has 0 aromatic rings. The van der Waals surface area contributed by atoms with Crippen molar-refractivity contribution in [2.45, 2.75) is 19.4 Å². The molecule has 68 valence electrons. The summed E-state index contributed by atoms with van der Waals surface area (Å²) in [4.78, 5) is 21.1. The maximum atomic E-state index is 11.0. The van der Waals surface area contributed by atoms with Gasteiger partial charge in [-0.3, -0.25) is 4.79 Å². The first kappa shape index (κ1) is 10.7. The highest BCUT2D eigenvalue weighted by Crippen LogP contribution is 1.95. The van der Waals surface area contributed by atoms with Crippen LogP contribution in [0.2, 0.25) is 0 Å². The first-order valence-corrected chi connectivity index (χ1v) is 3.73. The summed E-state index contributed by atoms with van der Waals surface area (Å²) in [6.07, 6.45) is 2.42. The SMILES string of the molecule is C=CCC(NC=O)C(=O)OCC. The molecule has 4 heteroatoms. The number of hydrogen-bond acceptors (Lipinski definition) is 3. The molecule has 0 saturated carbocycles. The molecule has 1 unspecified atom stereocenters. The molecule has 4 nitrogen and oxygen atoms in total. The Kier molecular flexibility index (Phi) is 5.69. The van der Waals surface area contributed by atoms with Crippen molar-refractivity contribution in [2.75, 3.05) is 6.61 Å². The molecule has 0 aliphatic rings. The zero-order chi connectivity index (χ0) is 9.40. The van der Waals surface area contributed by atoms with Crippen LogP contribution in [-0.4, -0.2) is 25.0 Å². The minimum atomic E-state index is -0.597. The number of carbonyl (C=O) groups excluding carboxylic acids is 2. The van der Waals surface area contributed by atoms with Gasteiger partial charge in [0, 0.05) is 0 Å². The average Bonchev–Trinajstić information content (AvgIpc) is 2.04. The molecule has 1 atom stereocenters. The monoisotopic (exact) mass is 171 g/mol. The van der Waals surface area contributed by atoms with Crippen LogP contribution >= 0.6 is 0 Å². The van der Waals surface area contributed by atoms with Gasteiger partial charge in [-0.05, 0) is 13.3 Å². The van der Waals surface area contributed by atoms with Gasteiger partial charge in [-0.2, -0.15) is 0 Å². The summed E-state index contributed by atoms with van der Waals surface area (Å²) in [7, 11) is 0. The van der Waals surface area contributed by atoms with E-state index in [0.29, 0.717) is 19.4 Å². The summed E-state index contributed by atoms with van der Waals surface area (Å²) in [5.41, 5.74) is 0. The second-order valence-corrected chi connectivity index (χ2v) is 2.11. The molecule has 12 heavy (non-hydrogen) atoms. The lowest BCUT2D eigenvalue weighted by molar-refractivity contribution is -0.146. The van der Waals surface area contributed by atoms with E-state index in [-0.39, 0.29) is 0 Å². The number of rotatable bonds is 6. The molecule has 0 spiro atoms. The van der Waals surface area contributed by atoms with E-state index in [1.54, 1.807) is 13.0 Å². The molecule has 0 aliphatic heterocycles. The molecule has 0 fully saturated rings. The molecule has 1 N–H and O–H groups in total. The predicted octanol–water partition coefficient (Wildman–Crippen LogP) is 0.240. The van der Waals surface area contributed by atoms with Gasteiger partial charge in [-0.1, -0.05) is 6.08 Å². The molecule has 0 rings (SSSR count). The van der Waals surface area contributed by atoms with Gasteiger partial charge < -0.3 is 10.1 Å². The van der Waals surface area contributed by atoms with E-state index in [4.69, 9.17) is 4.74 Å². The van der Waals surface area contributed by atoms with Gasteiger partial charge in [0.05, 0.1) is 6.61 Å². The minimum Gasteiger partial charge on any atom is -0.464 e. The Bertz CT molecular complexity index is 158. The summed E-state index contributed by atoms with van der Waals surface area (Å²) < 4.78 is 4.70. The molecule has 1 amide bonds. The van der Waals surface area contributed by atoms with E-state index >= 15 is 0 Å². The largest absolute Gasteiger partial charge is 0.464 e. The Morgan fingerprint density at radius 2 is 2.42 bits per heavy atom. The summed E-state index contributed by atoms with van der Waals surface area (Å²) >= 11 is 0. The maximum Gasteiger partial charge on any atom is 0.328 e. The highest BCUT2D eigenvalue weighted by atomic mass is 16.5. The Labute approximate surface area is 71.6 Å². The molecular formula is C8H13NO3. The molecule has 0 saturated heterocycles. The van der Waals surface area contributed by atoms with Gasteiger partial charge in [0.2, 0.25) is 6.41 Å². The zero-order valence-corrected chi connectivity index (χ0v) is 7.08. The van der Waals surface area contributed by atoms with Crippen molar-refractivity contribution in [2.24, 2.45) is 0 Å². The van der Waals surface area contributed by atoms with Crippen molar-refractivity contribution < 1.29 is 14.3 Å². The van der Waals surface area contributed by atoms with Crippen LogP contribution in [0.15, 0.2) is 12.7 Å². The lowest BCUT2D eigenvalue weighted by Gasteiger charge is -2.11. The molecule has 0 aromatic heterocycles. The molecule has 0 aliphatic carbocycles. The highest BCUT2D eigenvalue weighted by Gasteiger charge is 2.16. The smallest absolute Gasteiger partial charge is 0.328 e. The van der Waals surface area contributed by atoms with Crippen molar-refractivity contribution in [3.63, 3.8) is 0 Å². The van der Waals surface area contributed by atoms with Crippen LogP contribution < -0.4 is 5.32 Å². The Balaban J connectivity index is 3.97. The minimum absolute atomic E-state index is 0.313. The topological polar surface area (TPSA) is 55.4 Å². The summed E-state index contributed by atoms with van der Waals surface area (Å²) in [5, 5.41) is 2.34. The maximum absolute atomic E-state index is 11.0. The van der Waals surface area contributed by atoms with E-state index in [2.05, 4.69) is 11.9 Å². The van der Waals surface area contributed by atoms with Gasteiger partial charge in [-0.15, -0.1) is 6.58 Å². The van der Waals surface area contributed by atoms with Gasteiger partial charge in [0.25, 0.3) is 0 Å². The highest BCUT2D eigenvalue weighted by molar-refractivity contribution is 5.78. The van der Waals surface area contributed by atoms with Crippen molar-refractivity contribution in [1.29, 1.82) is 0 Å². The Morgan fingerprint density at radius 1 is 1.75 bits per heavy atom. The second kappa shape index (κ2) is 6.39. The van der Waals surface area contributed by atoms with E-state index in [0.717, 1.165) is 0 Å². The van der Waals surface area contributed by atoms with E-state index < -0.39 is 12.0 Å². The molecule has 0 radical (unpaired) electrons. The van der Waals surface area contributed by atoms with Crippen molar-refractivity contribution in [3.8, 4) is 0 Å². The second-order valence-electron chi connectivity index (χ2n) is 2.11. The molecular weight excluding hydrogens is 158 g/mol. The normalized spacial score (nSPS) is 11.4. The number of carbonyl (C=O) groups is 2. The summed E-state index contributed by atoms with van der Waals surface area (Å²) in [5.74, 6) is -0.426. The number of amides is 1. The van der Waals surface area contributed by atoms with Gasteiger partial charge in [-0.25, -0.2) is 4.79 Å². The van der Waals surface area contributed by atoms with Crippen LogP contribution in [0.25, 0.3) is 0 Å². The third-order valence-corrected chi connectivity index (χ3v) is 1.24. The Morgan fingerprint density at radius 3 is 2.83 bits per heavy atom. The van der Waals surface area contributed by atoms with Crippen LogP contribution in [0, 0.1) is 0 Å². The Hall–Kier alpha value is -1.32. The van der Waals surface area contributed by atoms with Crippen LogP contribution in [0.3, 0.4) is 0 Å². The van der Waals surface area contributed by atoms with E-state index in [1.165, 1.54) is 0 Å². The molecule has 0 bridgehead atoms. The lowest BCUT2D eigenvalue weighted by Crippen LogP contribution is -2.36. The van der Waals surface area contributed by atoms with Crippen molar-refractivity contribution in [1.82, 2.24) is 5.32 Å². The van der Waals surface area contributed by atoms with E-state index in [1.807, 2.05) is 0 Å². The van der Waals surface area contributed by atoms with Gasteiger partial charge in [0.1, 0.15) is 6.04 Å². The van der Waals surface area contributed by atoms with Crippen LogP contribution in [-0.2, 0) is 14.3 Å². The van der Waals surface area contributed by atoms with Crippen LogP contribution in [0.1, 0.15) is 13.3 Å².